The summed E-state index contributed by atoms with van der Waals surface area (Å²) in [5, 5.41) is 13.3. The third kappa shape index (κ3) is 3.06. The summed E-state index contributed by atoms with van der Waals surface area (Å²) in [6.07, 6.45) is 5.25. The number of carbonyl (C=O) groups is 1. The minimum absolute atomic E-state index is 0.0314. The SMILES string of the molecule is CC[Si]1(CC)C2=CC(=O)C=CC2=Nc2ccc(O)c(-c3[se]c(Br)c(Br)c3I)c21. The van der Waals surface area contributed by atoms with Gasteiger partial charge < -0.3 is 0 Å². The fourth-order valence-corrected chi connectivity index (χ4v) is 14.7. The molecule has 0 unspecified atom stereocenters. The van der Waals surface area contributed by atoms with Crippen molar-refractivity contribution >= 4 is 99.4 Å². The van der Waals surface area contributed by atoms with Crippen LogP contribution in [0.25, 0.3) is 10.0 Å². The Morgan fingerprint density at radius 3 is 2.54 bits per heavy atom. The van der Waals surface area contributed by atoms with Gasteiger partial charge in [-0.05, 0) is 0 Å². The zero-order chi connectivity index (χ0) is 20.2. The summed E-state index contributed by atoms with van der Waals surface area (Å²) < 4.78 is 4.52. The molecule has 0 saturated carbocycles. The van der Waals surface area contributed by atoms with Crippen LogP contribution in [0.2, 0.25) is 12.1 Å². The zero-order valence-electron chi connectivity index (χ0n) is 15.1. The molecule has 0 fully saturated rings. The van der Waals surface area contributed by atoms with Crippen molar-refractivity contribution in [3.63, 3.8) is 0 Å². The number of fused-ring (bicyclic) bond motifs is 2. The Balaban J connectivity index is 2.14. The molecule has 0 saturated heterocycles. The van der Waals surface area contributed by atoms with Crippen LogP contribution in [0, 0.1) is 3.57 Å². The van der Waals surface area contributed by atoms with Gasteiger partial charge in [-0.15, -0.1) is 0 Å². The van der Waals surface area contributed by atoms with Crippen LogP contribution >= 0.6 is 54.5 Å². The Kier molecular flexibility index (Phi) is 5.83. The average molecular weight is 696 g/mol. The molecular formula is C20H16Br2INO2SeSi. The first-order valence-corrected chi connectivity index (χ1v) is 15.7. The molecule has 0 spiro atoms. The van der Waals surface area contributed by atoms with E-state index in [0.29, 0.717) is 5.75 Å². The number of aliphatic imine (C=N–C) groups is 1. The van der Waals surface area contributed by atoms with E-state index in [4.69, 9.17) is 4.99 Å². The number of phenols is 1. The van der Waals surface area contributed by atoms with Gasteiger partial charge in [0.15, 0.2) is 0 Å². The first-order chi connectivity index (χ1) is 13.3. The Bertz CT molecular complexity index is 1120. The van der Waals surface area contributed by atoms with E-state index in [1.807, 2.05) is 12.1 Å². The van der Waals surface area contributed by atoms with Crippen LogP contribution in [-0.4, -0.2) is 39.2 Å². The number of nitrogens with zero attached hydrogens (tertiary/aromatic N) is 1. The van der Waals surface area contributed by atoms with Crippen LogP contribution in [0.15, 0.2) is 48.4 Å². The molecule has 0 amide bonds. The molecular weight excluding hydrogens is 680 g/mol. The molecule has 28 heavy (non-hydrogen) atoms. The molecule has 0 atom stereocenters. The van der Waals surface area contributed by atoms with E-state index in [-0.39, 0.29) is 20.3 Å². The molecule has 144 valence electrons. The maximum atomic E-state index is 12.2. The van der Waals surface area contributed by atoms with Crippen LogP contribution in [0.3, 0.4) is 0 Å². The van der Waals surface area contributed by atoms with Gasteiger partial charge >= 0.3 is 203 Å². The Hall–Kier alpha value is -0.254. The van der Waals surface area contributed by atoms with Gasteiger partial charge in [-0.2, -0.15) is 0 Å². The summed E-state index contributed by atoms with van der Waals surface area (Å²) >= 11 is 9.78. The van der Waals surface area contributed by atoms with Crippen LogP contribution in [0.5, 0.6) is 5.75 Å². The van der Waals surface area contributed by atoms with E-state index in [1.54, 1.807) is 18.2 Å². The topological polar surface area (TPSA) is 49.7 Å². The molecule has 1 aromatic carbocycles. The quantitative estimate of drug-likeness (QED) is 0.257. The van der Waals surface area contributed by atoms with Crippen molar-refractivity contribution in [2.45, 2.75) is 25.9 Å². The number of rotatable bonds is 3. The summed E-state index contributed by atoms with van der Waals surface area (Å²) in [6.45, 7) is 4.42. The van der Waals surface area contributed by atoms with Crippen molar-refractivity contribution < 1.29 is 9.90 Å². The Morgan fingerprint density at radius 1 is 1.21 bits per heavy atom. The number of phenolic OH excluding ortho intramolecular Hbond substituents is 1. The van der Waals surface area contributed by atoms with E-state index in [9.17, 15) is 9.90 Å². The molecule has 2 aromatic rings. The maximum absolute atomic E-state index is 12.2. The zero-order valence-corrected chi connectivity index (χ0v) is 23.2. The number of halogens is 3. The summed E-state index contributed by atoms with van der Waals surface area (Å²) in [7, 11) is -2.25. The summed E-state index contributed by atoms with van der Waals surface area (Å²) in [5.41, 5.74) is 2.80. The van der Waals surface area contributed by atoms with Gasteiger partial charge in [-0.3, -0.25) is 0 Å². The summed E-state index contributed by atoms with van der Waals surface area (Å²) in [4.78, 5) is 17.1. The normalized spacial score (nSPS) is 17.1. The van der Waals surface area contributed by atoms with Gasteiger partial charge in [0, 0.05) is 0 Å². The van der Waals surface area contributed by atoms with Gasteiger partial charge in [0.2, 0.25) is 0 Å². The van der Waals surface area contributed by atoms with Gasteiger partial charge in [0.25, 0.3) is 0 Å². The molecule has 8 heteroatoms. The van der Waals surface area contributed by atoms with Gasteiger partial charge in [0.1, 0.15) is 0 Å². The van der Waals surface area contributed by atoms with Crippen LogP contribution < -0.4 is 5.19 Å². The van der Waals surface area contributed by atoms with E-state index >= 15 is 0 Å². The molecule has 3 nitrogen and oxygen atoms in total. The van der Waals surface area contributed by atoms with Gasteiger partial charge in [0.05, 0.1) is 0 Å². The van der Waals surface area contributed by atoms with Crippen LogP contribution in [-0.2, 0) is 4.79 Å². The third-order valence-corrected chi connectivity index (χ3v) is 18.7. The molecule has 0 radical (unpaired) electrons. The fraction of sp³-hybridized carbons (Fsp3) is 0.200. The number of carbonyl (C=O) groups excluding carboxylic acids is 1. The fourth-order valence-electron chi connectivity index (χ4n) is 4.16. The van der Waals surface area contributed by atoms with E-state index in [1.165, 1.54) is 9.62 Å². The van der Waals surface area contributed by atoms with Crippen LogP contribution in [0.1, 0.15) is 13.8 Å². The predicted molar refractivity (Wildman–Crippen MR) is 134 cm³/mol. The molecule has 0 bridgehead atoms. The number of hydrogen-bond acceptors (Lipinski definition) is 3. The summed E-state index contributed by atoms with van der Waals surface area (Å²) in [6, 6.07) is 5.63. The van der Waals surface area contributed by atoms with Gasteiger partial charge in [-0.1, -0.05) is 0 Å². The third-order valence-electron chi connectivity index (χ3n) is 5.55. The second-order valence-corrected chi connectivity index (χ2v) is 17.4. The van der Waals surface area contributed by atoms with Crippen molar-refractivity contribution in [3.8, 4) is 15.8 Å². The molecule has 1 N–H and O–H groups in total. The van der Waals surface area contributed by atoms with Crippen molar-refractivity contribution in [1.82, 2.24) is 0 Å². The van der Waals surface area contributed by atoms with Crippen molar-refractivity contribution in [2.24, 2.45) is 4.99 Å². The number of ketones is 1. The monoisotopic (exact) mass is 695 g/mol. The first-order valence-electron chi connectivity index (χ1n) is 8.87. The molecule has 1 aliphatic carbocycles. The molecule has 4 rings (SSSR count). The van der Waals surface area contributed by atoms with E-state index in [2.05, 4.69) is 68.3 Å². The predicted octanol–water partition coefficient (Wildman–Crippen LogP) is 5.63. The van der Waals surface area contributed by atoms with E-state index in [0.717, 1.165) is 45.6 Å². The summed E-state index contributed by atoms with van der Waals surface area (Å²) in [5.74, 6) is 0.340. The second kappa shape index (κ2) is 7.78. The van der Waals surface area contributed by atoms with Crippen molar-refractivity contribution in [1.29, 1.82) is 0 Å². The second-order valence-electron chi connectivity index (χ2n) is 6.77. The van der Waals surface area contributed by atoms with Crippen molar-refractivity contribution in [3.05, 3.63) is 46.9 Å². The Morgan fingerprint density at radius 2 is 1.93 bits per heavy atom. The number of benzene rings is 1. The standard InChI is InChI=1S/C20H16Br2INO2SeSi/c1-3-28(4-2)14-9-10(25)5-6-11(14)24-12-7-8-13(26)15(19(12)28)18-17(23)16(21)20(22)27-18/h5-9,26H,3-4H2,1-2H3. The number of allylic oxidation sites excluding steroid dienone is 4. The first kappa shape index (κ1) is 21.0. The van der Waals surface area contributed by atoms with E-state index < -0.39 is 8.07 Å². The van der Waals surface area contributed by atoms with Crippen LogP contribution in [0.4, 0.5) is 5.69 Å². The van der Waals surface area contributed by atoms with Gasteiger partial charge in [-0.25, -0.2) is 0 Å². The molecule has 2 heterocycles. The average Bonchev–Trinajstić information content (AvgIpc) is 2.94. The number of aromatic hydroxyl groups is 1. The minimum atomic E-state index is -2.25. The number of hydrogen-bond donors (Lipinski definition) is 1. The molecule has 1 aliphatic heterocycles. The van der Waals surface area contributed by atoms with Crippen molar-refractivity contribution in [2.75, 3.05) is 0 Å². The molecule has 2 aliphatic rings. The Labute approximate surface area is 201 Å². The molecule has 1 aromatic heterocycles.